The van der Waals surface area contributed by atoms with Crippen LogP contribution in [0.5, 0.6) is 0 Å². The van der Waals surface area contributed by atoms with E-state index in [-0.39, 0.29) is 5.56 Å². The zero-order valence-electron chi connectivity index (χ0n) is 12.6. The number of amides is 1. The van der Waals surface area contributed by atoms with Crippen LogP contribution in [0.25, 0.3) is 0 Å². The molecule has 1 saturated heterocycles. The van der Waals surface area contributed by atoms with Gasteiger partial charge in [-0.15, -0.1) is 0 Å². The molecule has 2 rings (SSSR count). The molecule has 1 atom stereocenters. The summed E-state index contributed by atoms with van der Waals surface area (Å²) in [7, 11) is 0. The predicted octanol–water partition coefficient (Wildman–Crippen LogP) is 2.85. The van der Waals surface area contributed by atoms with Gasteiger partial charge in [-0.25, -0.2) is 0 Å². The lowest BCUT2D eigenvalue weighted by Gasteiger charge is -2.23. The summed E-state index contributed by atoms with van der Waals surface area (Å²) >= 11 is 0. The molecule has 1 amide bonds. The van der Waals surface area contributed by atoms with Gasteiger partial charge in [0.05, 0.1) is 0 Å². The van der Waals surface area contributed by atoms with Crippen LogP contribution in [0.2, 0.25) is 0 Å². The molecule has 1 heterocycles. The van der Waals surface area contributed by atoms with E-state index in [0.29, 0.717) is 25.7 Å². The second kappa shape index (κ2) is 8.31. The number of ether oxygens (including phenoxy) is 2. The molecule has 23 heavy (non-hydrogen) atoms. The summed E-state index contributed by atoms with van der Waals surface area (Å²) in [6.45, 7) is 1.12. The first-order chi connectivity index (χ1) is 11.0. The molecule has 4 nitrogen and oxygen atoms in total. The van der Waals surface area contributed by atoms with Crippen LogP contribution < -0.4 is 5.32 Å². The van der Waals surface area contributed by atoms with Gasteiger partial charge in [0.15, 0.2) is 6.10 Å². The lowest BCUT2D eigenvalue weighted by molar-refractivity contribution is -0.223. The molecule has 1 fully saturated rings. The summed E-state index contributed by atoms with van der Waals surface area (Å²) < 4.78 is 49.2. The number of benzene rings is 1. The summed E-state index contributed by atoms with van der Waals surface area (Å²) in [5, 5.41) is 2.62. The maximum atomic E-state index is 13.1. The van der Waals surface area contributed by atoms with Crippen molar-refractivity contribution in [1.82, 2.24) is 5.32 Å². The van der Waals surface area contributed by atoms with Crippen LogP contribution in [0, 0.1) is 5.92 Å². The fraction of sp³-hybridized carbons (Fsp3) is 0.562. The van der Waals surface area contributed by atoms with Crippen LogP contribution in [-0.4, -0.2) is 38.4 Å². The second-order valence-corrected chi connectivity index (χ2v) is 5.50. The molecular formula is C16H20F3NO3. The smallest absolute Gasteiger partial charge is 0.381 e. The maximum Gasteiger partial charge on any atom is 0.418 e. The Morgan fingerprint density at radius 3 is 2.52 bits per heavy atom. The van der Waals surface area contributed by atoms with Gasteiger partial charge in [0.1, 0.15) is 6.61 Å². The number of carbonyl (C=O) groups is 1. The fourth-order valence-corrected chi connectivity index (χ4v) is 2.43. The van der Waals surface area contributed by atoms with Gasteiger partial charge in [-0.1, -0.05) is 30.3 Å². The van der Waals surface area contributed by atoms with Gasteiger partial charge in [-0.05, 0) is 24.3 Å². The topological polar surface area (TPSA) is 47.6 Å². The Kier molecular flexibility index (Phi) is 6.41. The third-order valence-electron chi connectivity index (χ3n) is 3.71. The van der Waals surface area contributed by atoms with E-state index >= 15 is 0 Å². The Balaban J connectivity index is 1.82. The van der Waals surface area contributed by atoms with Crippen LogP contribution in [0.3, 0.4) is 0 Å². The van der Waals surface area contributed by atoms with Gasteiger partial charge in [-0.3, -0.25) is 4.79 Å². The average Bonchev–Trinajstić information content (AvgIpc) is 2.54. The normalized spacial score (nSPS) is 17.7. The van der Waals surface area contributed by atoms with E-state index in [2.05, 4.69) is 5.32 Å². The predicted molar refractivity (Wildman–Crippen MR) is 77.7 cm³/mol. The van der Waals surface area contributed by atoms with E-state index < -0.39 is 24.8 Å². The van der Waals surface area contributed by atoms with E-state index in [1.165, 1.54) is 24.3 Å². The van der Waals surface area contributed by atoms with Crippen LogP contribution in [0.1, 0.15) is 24.5 Å². The number of rotatable bonds is 6. The Bertz CT molecular complexity index is 487. The molecule has 0 spiro atoms. The third-order valence-corrected chi connectivity index (χ3v) is 3.71. The molecule has 0 bridgehead atoms. The molecule has 0 aromatic heterocycles. The van der Waals surface area contributed by atoms with Crippen molar-refractivity contribution >= 4 is 5.91 Å². The highest BCUT2D eigenvalue weighted by atomic mass is 19.4. The van der Waals surface area contributed by atoms with Crippen molar-refractivity contribution in [3.05, 3.63) is 35.9 Å². The molecule has 1 aromatic rings. The van der Waals surface area contributed by atoms with Crippen LogP contribution >= 0.6 is 0 Å². The Morgan fingerprint density at radius 2 is 1.91 bits per heavy atom. The van der Waals surface area contributed by atoms with E-state index in [1.807, 2.05) is 0 Å². The van der Waals surface area contributed by atoms with E-state index in [4.69, 9.17) is 9.47 Å². The highest BCUT2D eigenvalue weighted by Gasteiger charge is 2.42. The first-order valence-corrected chi connectivity index (χ1v) is 7.54. The number of hydrogen-bond acceptors (Lipinski definition) is 3. The maximum absolute atomic E-state index is 13.1. The number of hydrogen-bond donors (Lipinski definition) is 1. The SMILES string of the molecule is O=C(CO[C@@H](c1ccccc1)C(F)(F)F)NCC1CCOCC1. The van der Waals surface area contributed by atoms with Gasteiger partial charge in [0.25, 0.3) is 0 Å². The van der Waals surface area contributed by atoms with Gasteiger partial charge in [-0.2, -0.15) is 13.2 Å². The Morgan fingerprint density at radius 1 is 1.26 bits per heavy atom. The Labute approximate surface area is 133 Å². The minimum Gasteiger partial charge on any atom is -0.381 e. The van der Waals surface area contributed by atoms with Gasteiger partial charge in [0.2, 0.25) is 5.91 Å². The van der Waals surface area contributed by atoms with Gasteiger partial charge < -0.3 is 14.8 Å². The molecule has 1 N–H and O–H groups in total. The Hall–Kier alpha value is -1.60. The van der Waals surface area contributed by atoms with Gasteiger partial charge >= 0.3 is 6.18 Å². The van der Waals surface area contributed by atoms with Gasteiger partial charge in [0, 0.05) is 19.8 Å². The van der Waals surface area contributed by atoms with Crippen LogP contribution in [0.4, 0.5) is 13.2 Å². The number of halogens is 3. The molecule has 0 saturated carbocycles. The fourth-order valence-electron chi connectivity index (χ4n) is 2.43. The monoisotopic (exact) mass is 331 g/mol. The summed E-state index contributed by atoms with van der Waals surface area (Å²) in [4.78, 5) is 11.7. The average molecular weight is 331 g/mol. The highest BCUT2D eigenvalue weighted by Crippen LogP contribution is 2.35. The van der Waals surface area contributed by atoms with Crippen molar-refractivity contribution in [3.63, 3.8) is 0 Å². The van der Waals surface area contributed by atoms with E-state index in [1.54, 1.807) is 6.07 Å². The van der Waals surface area contributed by atoms with Crippen molar-refractivity contribution in [2.45, 2.75) is 25.1 Å². The summed E-state index contributed by atoms with van der Waals surface area (Å²) in [5.41, 5.74) is -0.0165. The molecule has 1 aliphatic heterocycles. The molecular weight excluding hydrogens is 311 g/mol. The number of nitrogens with one attached hydrogen (secondary N) is 1. The largest absolute Gasteiger partial charge is 0.418 e. The zero-order chi connectivity index (χ0) is 16.7. The molecule has 1 aliphatic rings. The first kappa shape index (κ1) is 17.7. The quantitative estimate of drug-likeness (QED) is 0.872. The molecule has 0 aliphatic carbocycles. The summed E-state index contributed by atoms with van der Waals surface area (Å²) in [6.07, 6.45) is -4.98. The molecule has 7 heteroatoms. The number of carbonyl (C=O) groups excluding carboxylic acids is 1. The van der Waals surface area contributed by atoms with Crippen molar-refractivity contribution in [2.24, 2.45) is 5.92 Å². The van der Waals surface area contributed by atoms with E-state index in [0.717, 1.165) is 12.8 Å². The highest BCUT2D eigenvalue weighted by molar-refractivity contribution is 5.77. The minimum atomic E-state index is -4.57. The van der Waals surface area contributed by atoms with Crippen molar-refractivity contribution in [1.29, 1.82) is 0 Å². The third kappa shape index (κ3) is 5.84. The first-order valence-electron chi connectivity index (χ1n) is 7.54. The lowest BCUT2D eigenvalue weighted by Crippen LogP contribution is -2.36. The zero-order valence-corrected chi connectivity index (χ0v) is 12.6. The van der Waals surface area contributed by atoms with Crippen molar-refractivity contribution < 1.29 is 27.4 Å². The molecule has 0 radical (unpaired) electrons. The van der Waals surface area contributed by atoms with Crippen LogP contribution in [-0.2, 0) is 14.3 Å². The number of alkyl halides is 3. The van der Waals surface area contributed by atoms with Crippen LogP contribution in [0.15, 0.2) is 30.3 Å². The molecule has 128 valence electrons. The standard InChI is InChI=1S/C16H20F3NO3/c17-16(18,19)15(13-4-2-1-3-5-13)23-11-14(21)20-10-12-6-8-22-9-7-12/h1-5,12,15H,6-11H2,(H,20,21)/t15-/m0/s1. The summed E-state index contributed by atoms with van der Waals surface area (Å²) in [5.74, 6) is -0.234. The minimum absolute atomic E-state index is 0.0165. The second-order valence-electron chi connectivity index (χ2n) is 5.50. The van der Waals surface area contributed by atoms with Crippen molar-refractivity contribution in [2.75, 3.05) is 26.4 Å². The summed E-state index contributed by atoms with van der Waals surface area (Å²) in [6, 6.07) is 7.29. The van der Waals surface area contributed by atoms with E-state index in [9.17, 15) is 18.0 Å². The molecule has 0 unspecified atom stereocenters. The molecule has 1 aromatic carbocycles. The lowest BCUT2D eigenvalue weighted by atomic mass is 10.0. The van der Waals surface area contributed by atoms with Crippen molar-refractivity contribution in [3.8, 4) is 0 Å².